The summed E-state index contributed by atoms with van der Waals surface area (Å²) in [6, 6.07) is 49.6. The summed E-state index contributed by atoms with van der Waals surface area (Å²) in [5.41, 5.74) is 4.99. The zero-order valence-electron chi connectivity index (χ0n) is 31.4. The summed E-state index contributed by atoms with van der Waals surface area (Å²) < 4.78 is 52.0. The minimum Gasteiger partial charge on any atom is -0.493 e. The molecular weight excluding hydrogens is 709 g/mol. The van der Waals surface area contributed by atoms with Crippen LogP contribution >= 0.6 is 0 Å². The van der Waals surface area contributed by atoms with Crippen molar-refractivity contribution in [1.29, 1.82) is 0 Å². The summed E-state index contributed by atoms with van der Waals surface area (Å²) in [5, 5.41) is 12.0. The topological polar surface area (TPSA) is 94.1 Å². The van der Waals surface area contributed by atoms with Crippen molar-refractivity contribution in [2.24, 2.45) is 0 Å². The fourth-order valence-electron chi connectivity index (χ4n) is 6.77. The Morgan fingerprint density at radius 2 is 0.857 bits per heavy atom. The van der Waals surface area contributed by atoms with Crippen molar-refractivity contribution in [3.05, 3.63) is 192 Å². The van der Waals surface area contributed by atoms with Crippen LogP contribution in [0.15, 0.2) is 164 Å². The summed E-state index contributed by atoms with van der Waals surface area (Å²) in [7, 11) is 0. The number of hydrogen-bond donors (Lipinski definition) is 1. The van der Waals surface area contributed by atoms with Crippen molar-refractivity contribution in [3.8, 4) is 0 Å². The second kappa shape index (κ2) is 21.0. The van der Waals surface area contributed by atoms with Crippen LogP contribution in [-0.4, -0.2) is 67.3 Å². The molecule has 9 heteroatoms. The third-order valence-corrected chi connectivity index (χ3v) is 9.76. The minimum atomic E-state index is -1.10. The molecule has 1 N–H and O–H groups in total. The van der Waals surface area contributed by atoms with Crippen molar-refractivity contribution >= 4 is 0 Å². The van der Waals surface area contributed by atoms with Crippen molar-refractivity contribution < 1.29 is 43.0 Å². The monoisotopic (exact) mass is 758 g/mol. The average molecular weight is 759 g/mol. The van der Waals surface area contributed by atoms with Crippen molar-refractivity contribution in [2.75, 3.05) is 13.2 Å². The smallest absolute Gasteiger partial charge is 0.187 e. The fourth-order valence-corrected chi connectivity index (χ4v) is 6.77. The van der Waals surface area contributed by atoms with Gasteiger partial charge in [0.05, 0.1) is 52.5 Å². The first-order valence-electron chi connectivity index (χ1n) is 19.2. The van der Waals surface area contributed by atoms with E-state index in [0.717, 1.165) is 27.8 Å². The maximum absolute atomic E-state index is 12.0. The molecule has 0 bridgehead atoms. The van der Waals surface area contributed by atoms with E-state index < -0.39 is 49.0 Å². The third kappa shape index (κ3) is 11.4. The van der Waals surface area contributed by atoms with Crippen LogP contribution < -0.4 is 0 Å². The van der Waals surface area contributed by atoms with E-state index >= 15 is 0 Å². The van der Waals surface area contributed by atoms with Crippen LogP contribution in [0.25, 0.3) is 0 Å². The molecule has 8 atom stereocenters. The van der Waals surface area contributed by atoms with Crippen molar-refractivity contribution in [2.45, 2.75) is 82.1 Å². The lowest BCUT2D eigenvalue weighted by molar-refractivity contribution is -0.341. The number of benzene rings is 5. The Hall–Kier alpha value is -4.68. The van der Waals surface area contributed by atoms with Crippen LogP contribution in [0.2, 0.25) is 0 Å². The maximum atomic E-state index is 12.0. The molecule has 0 aromatic heterocycles. The predicted octanol–water partition coefficient (Wildman–Crippen LogP) is 7.56. The van der Waals surface area contributed by atoms with Gasteiger partial charge in [0.1, 0.15) is 36.6 Å². The van der Waals surface area contributed by atoms with Crippen molar-refractivity contribution in [3.63, 3.8) is 0 Å². The molecule has 0 aliphatic carbocycles. The van der Waals surface area contributed by atoms with Gasteiger partial charge in [0, 0.05) is 0 Å². The summed E-state index contributed by atoms with van der Waals surface area (Å²) >= 11 is 0. The Morgan fingerprint density at radius 3 is 1.34 bits per heavy atom. The van der Waals surface area contributed by atoms with Crippen molar-refractivity contribution in [1.82, 2.24) is 0 Å². The summed E-state index contributed by atoms with van der Waals surface area (Å²) in [6.45, 7) is 1.89. The number of hydrogen-bond acceptors (Lipinski definition) is 9. The third-order valence-electron chi connectivity index (χ3n) is 9.76. The van der Waals surface area contributed by atoms with E-state index in [0.29, 0.717) is 19.8 Å². The van der Waals surface area contributed by atoms with E-state index in [4.69, 9.17) is 37.9 Å². The zero-order valence-corrected chi connectivity index (χ0v) is 31.4. The van der Waals surface area contributed by atoms with Gasteiger partial charge in [0.15, 0.2) is 12.4 Å². The maximum Gasteiger partial charge on any atom is 0.187 e. The lowest BCUT2D eigenvalue weighted by Crippen LogP contribution is -2.62. The molecule has 0 spiro atoms. The highest BCUT2D eigenvalue weighted by Crippen LogP contribution is 2.32. The molecule has 56 heavy (non-hydrogen) atoms. The normalized spacial score (nSPS) is 24.7. The van der Waals surface area contributed by atoms with E-state index in [1.165, 1.54) is 0 Å². The quantitative estimate of drug-likeness (QED) is 0.0916. The molecule has 2 heterocycles. The second-order valence-corrected chi connectivity index (χ2v) is 13.9. The van der Waals surface area contributed by atoms with Gasteiger partial charge in [-0.3, -0.25) is 0 Å². The largest absolute Gasteiger partial charge is 0.493 e. The van der Waals surface area contributed by atoms with Crippen LogP contribution in [0.4, 0.5) is 0 Å². The number of aliphatic hydroxyl groups excluding tert-OH is 1. The molecule has 2 aliphatic rings. The number of rotatable bonds is 19. The highest BCUT2D eigenvalue weighted by molar-refractivity contribution is 5.17. The van der Waals surface area contributed by atoms with Gasteiger partial charge >= 0.3 is 0 Å². The summed E-state index contributed by atoms with van der Waals surface area (Å²) in [5.74, 6) is 0. The molecular formula is C47H50O9. The highest BCUT2D eigenvalue weighted by atomic mass is 16.7. The Kier molecular flexibility index (Phi) is 14.8. The molecule has 0 amide bonds. The van der Waals surface area contributed by atoms with Gasteiger partial charge < -0.3 is 43.0 Å². The Balaban J connectivity index is 1.16. The average Bonchev–Trinajstić information content (AvgIpc) is 3.25. The van der Waals surface area contributed by atoms with Gasteiger partial charge in [0.25, 0.3) is 0 Å². The lowest BCUT2D eigenvalue weighted by Gasteiger charge is -2.46. The van der Waals surface area contributed by atoms with Gasteiger partial charge in [-0.1, -0.05) is 152 Å². The molecule has 9 nitrogen and oxygen atoms in total. The molecule has 1 fully saturated rings. The predicted molar refractivity (Wildman–Crippen MR) is 211 cm³/mol. The minimum absolute atomic E-state index is 0.0884. The Bertz CT molecular complexity index is 1850. The van der Waals surface area contributed by atoms with Crippen LogP contribution in [0.1, 0.15) is 27.8 Å². The van der Waals surface area contributed by atoms with E-state index in [1.54, 1.807) is 6.26 Å². The lowest BCUT2D eigenvalue weighted by atomic mass is 9.97. The van der Waals surface area contributed by atoms with Gasteiger partial charge in [-0.2, -0.15) is 0 Å². The van der Waals surface area contributed by atoms with Gasteiger partial charge in [0.2, 0.25) is 0 Å². The second-order valence-electron chi connectivity index (χ2n) is 13.9. The summed E-state index contributed by atoms with van der Waals surface area (Å²) in [6.07, 6.45) is -2.93. The Labute approximate surface area is 329 Å². The van der Waals surface area contributed by atoms with Crippen LogP contribution in [0.5, 0.6) is 0 Å². The molecule has 2 aliphatic heterocycles. The first kappa shape index (κ1) is 39.6. The standard InChI is InChI=1S/C47H50O9/c48-43-41(33-49-28-35-16-6-1-7-17-35)55-47(46(54-32-39-24-14-5-15-25-39)45(43)53-31-38-22-12-4-13-23-38)56-44-40(52-30-37-20-10-3-11-21-37)26-27-51-42(44)34-50-29-36-18-8-2-9-19-36/h1-27,40-48H,28-34H2/t40?,41?,42?,43-,44-,45?,46?,47-/m0/s1. The van der Waals surface area contributed by atoms with E-state index in [-0.39, 0.29) is 26.4 Å². The number of aliphatic hydroxyl groups is 1. The molecule has 5 unspecified atom stereocenters. The molecule has 5 aromatic carbocycles. The van der Waals surface area contributed by atoms with Crippen LogP contribution in [0, 0.1) is 0 Å². The van der Waals surface area contributed by atoms with E-state index in [2.05, 4.69) is 0 Å². The molecule has 1 saturated heterocycles. The molecule has 292 valence electrons. The van der Waals surface area contributed by atoms with Gasteiger partial charge in [-0.15, -0.1) is 0 Å². The SMILES string of the molecule is O[C@H]1C(COCc2ccccc2)O[C@@H](O[C@H]2C(OCc3ccccc3)C=COC2COCc2ccccc2)C(OCc2ccccc2)C1OCc1ccccc1. The van der Waals surface area contributed by atoms with Crippen LogP contribution in [0.3, 0.4) is 0 Å². The molecule has 0 radical (unpaired) electrons. The molecule has 0 saturated carbocycles. The molecule has 7 rings (SSSR count). The van der Waals surface area contributed by atoms with Gasteiger partial charge in [-0.05, 0) is 33.9 Å². The fraction of sp³-hybridized carbons (Fsp3) is 0.319. The highest BCUT2D eigenvalue weighted by Gasteiger charge is 2.50. The Morgan fingerprint density at radius 1 is 0.446 bits per heavy atom. The zero-order chi connectivity index (χ0) is 38.2. The van der Waals surface area contributed by atoms with E-state index in [9.17, 15) is 5.11 Å². The molecule has 5 aromatic rings. The number of ether oxygens (including phenoxy) is 8. The van der Waals surface area contributed by atoms with Crippen LogP contribution in [-0.2, 0) is 70.9 Å². The first-order chi connectivity index (χ1) is 27.7. The van der Waals surface area contributed by atoms with E-state index in [1.807, 2.05) is 158 Å². The first-order valence-corrected chi connectivity index (χ1v) is 19.2. The van der Waals surface area contributed by atoms with Gasteiger partial charge in [-0.25, -0.2) is 0 Å². The summed E-state index contributed by atoms with van der Waals surface area (Å²) in [4.78, 5) is 0.